The summed E-state index contributed by atoms with van der Waals surface area (Å²) in [4.78, 5) is 25.2. The molecule has 0 saturated carbocycles. The minimum atomic E-state index is -1.09. The quantitative estimate of drug-likeness (QED) is 0.171. The number of methoxy groups -OCH3 is 4. The van der Waals surface area contributed by atoms with E-state index in [-0.39, 0.29) is 35.3 Å². The molecule has 0 saturated heterocycles. The first-order chi connectivity index (χ1) is 18.4. The molecule has 0 bridgehead atoms. The Labute approximate surface area is 252 Å². The fraction of sp³-hybridized carbons (Fsp3) is 0.172. The van der Waals surface area contributed by atoms with Crippen molar-refractivity contribution in [3.05, 3.63) is 71.8 Å². The van der Waals surface area contributed by atoms with E-state index in [1.54, 1.807) is 35.6 Å². The van der Waals surface area contributed by atoms with Crippen molar-refractivity contribution in [1.82, 2.24) is 0 Å². The number of aliphatic carboxylic acids is 1. The Bertz CT molecular complexity index is 1470. The number of carboxylic acid groups (broad SMARTS) is 1. The molecule has 3 aromatic carbocycles. The number of thiophene rings is 1. The van der Waals surface area contributed by atoms with E-state index in [1.165, 1.54) is 34.5 Å². The van der Waals surface area contributed by atoms with Gasteiger partial charge in [-0.2, -0.15) is 0 Å². The zero-order valence-electron chi connectivity index (χ0n) is 22.3. The summed E-state index contributed by atoms with van der Waals surface area (Å²) < 4.78 is 28.3. The Morgan fingerprint density at radius 3 is 2.10 bits per heavy atom. The molecule has 8 nitrogen and oxygen atoms in total. The van der Waals surface area contributed by atoms with Gasteiger partial charge < -0.3 is 28.8 Å². The minimum absolute atomic E-state index is 0. The van der Waals surface area contributed by atoms with E-state index in [2.05, 4.69) is 0 Å². The van der Waals surface area contributed by atoms with Crippen molar-refractivity contribution in [1.29, 1.82) is 0 Å². The maximum atomic E-state index is 13.1. The molecule has 1 heterocycles. The molecule has 196 valence electrons. The van der Waals surface area contributed by atoms with Gasteiger partial charge in [-0.25, -0.2) is 4.79 Å². The summed E-state index contributed by atoms with van der Waals surface area (Å²) >= 11 is 1.55. The Morgan fingerprint density at radius 1 is 0.846 bits per heavy atom. The number of carboxylic acids is 1. The number of carbonyl (C=O) groups is 2. The van der Waals surface area contributed by atoms with E-state index < -0.39 is 12.6 Å². The van der Waals surface area contributed by atoms with Crippen molar-refractivity contribution in [2.24, 2.45) is 0 Å². The number of hydrogen-bond donors (Lipinski definition) is 1. The summed E-state index contributed by atoms with van der Waals surface area (Å²) in [5.41, 5.74) is 1.65. The van der Waals surface area contributed by atoms with Crippen LogP contribution in [0.3, 0.4) is 0 Å². The zero-order chi connectivity index (χ0) is 27.2. The maximum absolute atomic E-state index is 13.1. The zero-order valence-corrected chi connectivity index (χ0v) is 25.1. The monoisotopic (exact) mass is 557 g/mol. The third-order valence-electron chi connectivity index (χ3n) is 5.74. The molecule has 4 rings (SSSR count). The second-order valence-electron chi connectivity index (χ2n) is 8.03. The van der Waals surface area contributed by atoms with E-state index >= 15 is 0 Å². The second-order valence-corrected chi connectivity index (χ2v) is 9.12. The maximum Gasteiger partial charge on any atom is 1.00 e. The number of ether oxygens (including phenoxy) is 5. The van der Waals surface area contributed by atoms with Gasteiger partial charge in [-0.3, -0.25) is 4.79 Å². The molecule has 1 N–H and O–H groups in total. The summed E-state index contributed by atoms with van der Waals surface area (Å²) in [5, 5.41) is 10.2. The van der Waals surface area contributed by atoms with Crippen LogP contribution in [0.5, 0.6) is 28.7 Å². The number of hydrogen-bond acceptors (Lipinski definition) is 8. The van der Waals surface area contributed by atoms with Gasteiger partial charge in [0.25, 0.3) is 0 Å². The number of carbonyl (C=O) groups excluding carboxylic acids is 1. The molecule has 0 atom stereocenters. The molecule has 0 spiro atoms. The van der Waals surface area contributed by atoms with Gasteiger partial charge in [-0.1, -0.05) is 18.2 Å². The molecular formula is C29H26NaO8S+. The molecule has 10 heteroatoms. The second kappa shape index (κ2) is 13.5. The van der Waals surface area contributed by atoms with Gasteiger partial charge in [0.05, 0.1) is 28.4 Å². The van der Waals surface area contributed by atoms with Crippen LogP contribution in [0.25, 0.3) is 26.6 Å². The molecule has 0 radical (unpaired) electrons. The fourth-order valence-corrected chi connectivity index (χ4v) is 5.02. The standard InChI is InChI=1S/C29H26O8S.Na/c1-33-22-15-23(37-16-28(31)32)20(27-14-18-7-5-6-8-26(18)38-27)11-17(22)9-10-21(30)19-12-24(34-2)29(36-4)25(13-19)35-3;/h5-15H,16H2,1-4H3,(H,31,32);/q;+1/b10-9+;. The fourth-order valence-electron chi connectivity index (χ4n) is 3.94. The summed E-state index contributed by atoms with van der Waals surface area (Å²) in [6.07, 6.45) is 3.06. The minimum Gasteiger partial charge on any atom is -0.496 e. The van der Waals surface area contributed by atoms with Crippen LogP contribution in [0, 0.1) is 0 Å². The van der Waals surface area contributed by atoms with Gasteiger partial charge in [0.2, 0.25) is 5.75 Å². The van der Waals surface area contributed by atoms with Crippen molar-refractivity contribution in [2.75, 3.05) is 35.0 Å². The van der Waals surface area contributed by atoms with Crippen molar-refractivity contribution >= 4 is 39.3 Å². The van der Waals surface area contributed by atoms with Gasteiger partial charge in [0.1, 0.15) is 11.5 Å². The molecule has 4 aromatic rings. The van der Waals surface area contributed by atoms with Gasteiger partial charge >= 0.3 is 35.5 Å². The first kappa shape index (κ1) is 30.0. The Kier molecular flexibility index (Phi) is 10.4. The molecule has 0 aliphatic rings. The van der Waals surface area contributed by atoms with E-state index in [1.807, 2.05) is 36.4 Å². The first-order valence-corrected chi connectivity index (χ1v) is 12.3. The molecule has 0 aliphatic carbocycles. The molecule has 0 aliphatic heterocycles. The Hall–Kier alpha value is -3.50. The van der Waals surface area contributed by atoms with E-state index in [9.17, 15) is 9.59 Å². The Balaban J connectivity index is 0.00000420. The molecular weight excluding hydrogens is 531 g/mol. The van der Waals surface area contributed by atoms with Gasteiger partial charge in [-0.15, -0.1) is 11.3 Å². The van der Waals surface area contributed by atoms with E-state index in [4.69, 9.17) is 28.8 Å². The van der Waals surface area contributed by atoms with Crippen LogP contribution in [0.4, 0.5) is 0 Å². The normalized spacial score (nSPS) is 10.7. The van der Waals surface area contributed by atoms with Crippen molar-refractivity contribution < 1.29 is 67.9 Å². The van der Waals surface area contributed by atoms with E-state index in [0.717, 1.165) is 15.0 Å². The summed E-state index contributed by atoms with van der Waals surface area (Å²) in [6.45, 7) is -0.504. The largest absolute Gasteiger partial charge is 1.00 e. The number of ketones is 1. The number of benzene rings is 3. The van der Waals surface area contributed by atoms with Crippen molar-refractivity contribution in [3.8, 4) is 39.2 Å². The van der Waals surface area contributed by atoms with Crippen molar-refractivity contribution in [3.63, 3.8) is 0 Å². The predicted molar refractivity (Wildman–Crippen MR) is 146 cm³/mol. The van der Waals surface area contributed by atoms with E-state index in [0.29, 0.717) is 45.4 Å². The third kappa shape index (κ3) is 6.75. The molecule has 0 unspecified atom stereocenters. The smallest absolute Gasteiger partial charge is 0.496 e. The summed E-state index contributed by atoms with van der Waals surface area (Å²) in [5.74, 6) is 0.531. The van der Waals surface area contributed by atoms with Crippen LogP contribution in [-0.2, 0) is 4.79 Å². The van der Waals surface area contributed by atoms with Gasteiger partial charge in [0, 0.05) is 32.3 Å². The number of rotatable bonds is 11. The summed E-state index contributed by atoms with van der Waals surface area (Å²) in [6, 6.07) is 16.6. The van der Waals surface area contributed by atoms with Crippen LogP contribution < -0.4 is 53.2 Å². The average molecular weight is 558 g/mol. The van der Waals surface area contributed by atoms with Gasteiger partial charge in [-0.05, 0) is 47.9 Å². The topological polar surface area (TPSA) is 101 Å². The van der Waals surface area contributed by atoms with Gasteiger partial charge in [0.15, 0.2) is 23.9 Å². The average Bonchev–Trinajstić information content (AvgIpc) is 3.37. The first-order valence-electron chi connectivity index (χ1n) is 11.5. The summed E-state index contributed by atoms with van der Waals surface area (Å²) in [7, 11) is 5.95. The molecule has 0 amide bonds. The number of fused-ring (bicyclic) bond motifs is 1. The van der Waals surface area contributed by atoms with Crippen molar-refractivity contribution in [2.45, 2.75) is 0 Å². The number of allylic oxidation sites excluding steroid dienone is 1. The van der Waals surface area contributed by atoms with Crippen LogP contribution >= 0.6 is 11.3 Å². The van der Waals surface area contributed by atoms with Crippen LogP contribution in [-0.4, -0.2) is 51.9 Å². The molecule has 0 fully saturated rings. The third-order valence-corrected chi connectivity index (χ3v) is 6.89. The Morgan fingerprint density at radius 2 is 1.51 bits per heavy atom. The van der Waals surface area contributed by atoms with Crippen LogP contribution in [0.2, 0.25) is 0 Å². The SMILES string of the molecule is COc1cc(OCC(=O)O)c(-c2cc3ccccc3s2)cc1/C=C/C(=O)c1cc(OC)c(OC)c(OC)c1.[Na+]. The molecule has 1 aromatic heterocycles. The predicted octanol–water partition coefficient (Wildman–Crippen LogP) is 2.97. The van der Waals surface area contributed by atoms with Crippen LogP contribution in [0.15, 0.2) is 60.7 Å². The van der Waals surface area contributed by atoms with Crippen LogP contribution in [0.1, 0.15) is 15.9 Å². The molecule has 39 heavy (non-hydrogen) atoms.